The Morgan fingerprint density at radius 2 is 1.95 bits per heavy atom. The summed E-state index contributed by atoms with van der Waals surface area (Å²) in [4.78, 5) is 17.1. The lowest BCUT2D eigenvalue weighted by molar-refractivity contribution is -0.135. The topological polar surface area (TPSA) is 35.6 Å². The molecule has 0 aromatic heterocycles. The van der Waals surface area contributed by atoms with E-state index in [0.717, 1.165) is 38.4 Å². The number of nitrogens with one attached hydrogen (secondary N) is 1. The highest BCUT2D eigenvalue weighted by molar-refractivity contribution is 5.82. The lowest BCUT2D eigenvalue weighted by Gasteiger charge is -2.37. The molecule has 3 fully saturated rings. The quantitative estimate of drug-likeness (QED) is 0.807. The van der Waals surface area contributed by atoms with Crippen LogP contribution in [0.5, 0.6) is 0 Å². The molecule has 3 unspecified atom stereocenters. The Balaban J connectivity index is 1.60. The van der Waals surface area contributed by atoms with E-state index in [-0.39, 0.29) is 6.04 Å². The van der Waals surface area contributed by atoms with Crippen molar-refractivity contribution in [2.75, 3.05) is 33.7 Å². The lowest BCUT2D eigenvalue weighted by atomic mass is 9.92. The van der Waals surface area contributed by atoms with Crippen molar-refractivity contribution in [2.24, 2.45) is 11.8 Å². The molecule has 2 heterocycles. The second kappa shape index (κ2) is 5.41. The molecule has 3 atom stereocenters. The number of amides is 1. The summed E-state index contributed by atoms with van der Waals surface area (Å²) in [5.41, 5.74) is 0. The fourth-order valence-corrected chi connectivity index (χ4v) is 4.24. The van der Waals surface area contributed by atoms with Crippen LogP contribution in [-0.4, -0.2) is 61.5 Å². The molecule has 2 saturated heterocycles. The molecule has 1 N–H and O–H groups in total. The van der Waals surface area contributed by atoms with Gasteiger partial charge < -0.3 is 15.1 Å². The van der Waals surface area contributed by atoms with Crippen molar-refractivity contribution < 1.29 is 4.79 Å². The minimum Gasteiger partial charge on any atom is -0.341 e. The number of fused-ring (bicyclic) bond motifs is 1. The van der Waals surface area contributed by atoms with Crippen molar-refractivity contribution in [3.8, 4) is 0 Å². The van der Waals surface area contributed by atoms with Gasteiger partial charge in [-0.05, 0) is 64.2 Å². The van der Waals surface area contributed by atoms with Gasteiger partial charge in [-0.25, -0.2) is 0 Å². The van der Waals surface area contributed by atoms with Gasteiger partial charge in [-0.3, -0.25) is 4.79 Å². The van der Waals surface area contributed by atoms with Gasteiger partial charge in [0.2, 0.25) is 5.91 Å². The number of hydrogen-bond acceptors (Lipinski definition) is 3. The third kappa shape index (κ3) is 2.52. The van der Waals surface area contributed by atoms with E-state index >= 15 is 0 Å². The molecule has 0 aromatic carbocycles. The number of likely N-dealkylation sites (tertiary alicyclic amines) is 1. The highest BCUT2D eigenvalue weighted by atomic mass is 16.2. The largest absolute Gasteiger partial charge is 0.341 e. The van der Waals surface area contributed by atoms with Crippen molar-refractivity contribution in [2.45, 2.75) is 44.2 Å². The van der Waals surface area contributed by atoms with Crippen LogP contribution in [0.3, 0.4) is 0 Å². The molecule has 19 heavy (non-hydrogen) atoms. The van der Waals surface area contributed by atoms with E-state index in [0.29, 0.717) is 17.9 Å². The fourth-order valence-electron chi connectivity index (χ4n) is 4.24. The van der Waals surface area contributed by atoms with E-state index in [4.69, 9.17) is 0 Å². The summed E-state index contributed by atoms with van der Waals surface area (Å²) in [6, 6.07) is 0.558. The summed E-state index contributed by atoms with van der Waals surface area (Å²) >= 11 is 0. The Morgan fingerprint density at radius 1 is 1.21 bits per heavy atom. The number of carbonyl (C=O) groups is 1. The maximum absolute atomic E-state index is 12.7. The molecule has 4 heteroatoms. The first-order chi connectivity index (χ1) is 9.16. The number of carbonyl (C=O) groups excluding carboxylic acids is 1. The molecule has 3 aliphatic rings. The number of likely N-dealkylation sites (N-methyl/N-ethyl adjacent to an activating group) is 1. The first-order valence-corrected chi connectivity index (χ1v) is 7.85. The van der Waals surface area contributed by atoms with Crippen LogP contribution in [0.2, 0.25) is 0 Å². The van der Waals surface area contributed by atoms with Crippen molar-refractivity contribution >= 4 is 5.91 Å². The first-order valence-electron chi connectivity index (χ1n) is 7.85. The summed E-state index contributed by atoms with van der Waals surface area (Å²) in [6.45, 7) is 3.29. The summed E-state index contributed by atoms with van der Waals surface area (Å²) in [6.07, 6.45) is 6.13. The molecule has 108 valence electrons. The van der Waals surface area contributed by atoms with Crippen LogP contribution < -0.4 is 5.32 Å². The molecule has 4 nitrogen and oxygen atoms in total. The monoisotopic (exact) mass is 265 g/mol. The van der Waals surface area contributed by atoms with Crippen LogP contribution in [0.25, 0.3) is 0 Å². The third-order valence-electron chi connectivity index (χ3n) is 5.60. The second-order valence-corrected chi connectivity index (χ2v) is 6.72. The number of nitrogens with zero attached hydrogens (tertiary/aromatic N) is 2. The van der Waals surface area contributed by atoms with Crippen LogP contribution in [0.15, 0.2) is 0 Å². The smallest absolute Gasteiger partial charge is 0.239 e. The molecule has 1 amide bonds. The van der Waals surface area contributed by atoms with Gasteiger partial charge in [0.1, 0.15) is 0 Å². The van der Waals surface area contributed by atoms with Crippen molar-refractivity contribution in [3.63, 3.8) is 0 Å². The van der Waals surface area contributed by atoms with E-state index in [1.807, 2.05) is 11.9 Å². The van der Waals surface area contributed by atoms with Crippen LogP contribution in [0.4, 0.5) is 0 Å². The zero-order chi connectivity index (χ0) is 13.4. The van der Waals surface area contributed by atoms with Crippen molar-refractivity contribution in [1.82, 2.24) is 15.1 Å². The van der Waals surface area contributed by atoms with E-state index < -0.39 is 0 Å². The maximum Gasteiger partial charge on any atom is 0.239 e. The lowest BCUT2D eigenvalue weighted by Crippen LogP contribution is -2.51. The molecular weight excluding hydrogens is 238 g/mol. The molecule has 0 aromatic rings. The standard InChI is InChI=1S/C15H27N3O/c1-17-8-6-12(7-9-17)18(2)15(19)14-13-5-3-4-11(13)10-16-14/h11-14,16H,3-10H2,1-2H3. The van der Waals surface area contributed by atoms with Crippen LogP contribution in [0.1, 0.15) is 32.1 Å². The van der Waals surface area contributed by atoms with Gasteiger partial charge in [0.25, 0.3) is 0 Å². The van der Waals surface area contributed by atoms with Gasteiger partial charge in [0.15, 0.2) is 0 Å². The average molecular weight is 265 g/mol. The number of hydrogen-bond donors (Lipinski definition) is 1. The molecular formula is C15H27N3O. The average Bonchev–Trinajstić information content (AvgIpc) is 3.00. The minimum atomic E-state index is 0.108. The van der Waals surface area contributed by atoms with Crippen LogP contribution in [-0.2, 0) is 4.79 Å². The number of rotatable bonds is 2. The highest BCUT2D eigenvalue weighted by Gasteiger charge is 2.44. The zero-order valence-electron chi connectivity index (χ0n) is 12.3. The van der Waals surface area contributed by atoms with Gasteiger partial charge in [-0.15, -0.1) is 0 Å². The Labute approximate surface area is 116 Å². The zero-order valence-corrected chi connectivity index (χ0v) is 12.3. The highest BCUT2D eigenvalue weighted by Crippen LogP contribution is 2.38. The van der Waals surface area contributed by atoms with Crippen molar-refractivity contribution in [3.05, 3.63) is 0 Å². The maximum atomic E-state index is 12.7. The summed E-state index contributed by atoms with van der Waals surface area (Å²) < 4.78 is 0. The summed E-state index contributed by atoms with van der Waals surface area (Å²) in [5.74, 6) is 1.73. The normalized spacial score (nSPS) is 36.4. The second-order valence-electron chi connectivity index (χ2n) is 6.72. The Bertz CT molecular complexity index is 338. The summed E-state index contributed by atoms with van der Waals surface area (Å²) in [5, 5.41) is 3.49. The molecule has 0 bridgehead atoms. The van der Waals surface area contributed by atoms with Gasteiger partial charge in [0.05, 0.1) is 6.04 Å². The molecule has 0 spiro atoms. The molecule has 3 rings (SSSR count). The molecule has 2 aliphatic heterocycles. The van der Waals surface area contributed by atoms with E-state index in [1.165, 1.54) is 19.3 Å². The van der Waals surface area contributed by atoms with Crippen molar-refractivity contribution in [1.29, 1.82) is 0 Å². The Kier molecular flexibility index (Phi) is 3.81. The van der Waals surface area contributed by atoms with E-state index in [9.17, 15) is 4.79 Å². The van der Waals surface area contributed by atoms with Gasteiger partial charge >= 0.3 is 0 Å². The predicted octanol–water partition coefficient (Wildman–Crippen LogP) is 0.927. The fraction of sp³-hybridized carbons (Fsp3) is 0.933. The van der Waals surface area contributed by atoms with Crippen LogP contribution >= 0.6 is 0 Å². The van der Waals surface area contributed by atoms with E-state index in [2.05, 4.69) is 17.3 Å². The SMILES string of the molecule is CN1CCC(N(C)C(=O)C2NCC3CCCC32)CC1. The van der Waals surface area contributed by atoms with Crippen LogP contribution in [0, 0.1) is 11.8 Å². The minimum absolute atomic E-state index is 0.108. The van der Waals surface area contributed by atoms with Gasteiger partial charge in [-0.1, -0.05) is 6.42 Å². The molecule has 0 radical (unpaired) electrons. The third-order valence-corrected chi connectivity index (χ3v) is 5.60. The van der Waals surface area contributed by atoms with Gasteiger partial charge in [-0.2, -0.15) is 0 Å². The Hall–Kier alpha value is -0.610. The van der Waals surface area contributed by atoms with Gasteiger partial charge in [0, 0.05) is 13.1 Å². The Morgan fingerprint density at radius 3 is 2.68 bits per heavy atom. The predicted molar refractivity (Wildman–Crippen MR) is 75.9 cm³/mol. The number of piperidine rings is 1. The first kappa shape index (κ1) is 13.4. The molecule has 1 aliphatic carbocycles. The summed E-state index contributed by atoms with van der Waals surface area (Å²) in [7, 11) is 4.18. The van der Waals surface area contributed by atoms with E-state index in [1.54, 1.807) is 0 Å². The molecule has 1 saturated carbocycles.